The smallest absolute Gasteiger partial charge is 0.317 e. The third-order valence-electron chi connectivity index (χ3n) is 3.15. The van der Waals surface area contributed by atoms with Gasteiger partial charge in [-0.3, -0.25) is 4.79 Å². The maximum absolute atomic E-state index is 11.8. The Morgan fingerprint density at radius 3 is 2.79 bits per heavy atom. The molecule has 0 aromatic carbocycles. The lowest BCUT2D eigenvalue weighted by Gasteiger charge is -2.30. The Kier molecular flexibility index (Phi) is 4.32. The first-order valence-electron chi connectivity index (χ1n) is 6.18. The largest absolute Gasteiger partial charge is 0.481 e. The number of rotatable bonds is 4. The van der Waals surface area contributed by atoms with Crippen LogP contribution in [0.25, 0.3) is 0 Å². The van der Waals surface area contributed by atoms with Gasteiger partial charge in [0.1, 0.15) is 0 Å². The number of aromatic nitrogens is 2. The van der Waals surface area contributed by atoms with Gasteiger partial charge in [-0.25, -0.2) is 4.79 Å². The molecule has 19 heavy (non-hydrogen) atoms. The number of carboxylic acid groups (broad SMARTS) is 1. The predicted octanol–water partition coefficient (Wildman–Crippen LogP) is 0.118. The molecule has 104 valence electrons. The number of likely N-dealkylation sites (tertiary alicyclic amines) is 1. The maximum atomic E-state index is 11.8. The minimum Gasteiger partial charge on any atom is -0.481 e. The van der Waals surface area contributed by atoms with Crippen molar-refractivity contribution < 1.29 is 19.2 Å². The fraction of sp³-hybridized carbons (Fsp3) is 0.636. The van der Waals surface area contributed by atoms with Crippen molar-refractivity contribution in [2.45, 2.75) is 19.3 Å². The average molecular weight is 268 g/mol. The van der Waals surface area contributed by atoms with E-state index in [0.29, 0.717) is 44.8 Å². The summed E-state index contributed by atoms with van der Waals surface area (Å²) in [6.45, 7) is 1.37. The second kappa shape index (κ2) is 6.17. The molecule has 0 bridgehead atoms. The molecule has 8 nitrogen and oxygen atoms in total. The molecule has 0 radical (unpaired) electrons. The van der Waals surface area contributed by atoms with Gasteiger partial charge in [-0.1, -0.05) is 5.16 Å². The van der Waals surface area contributed by atoms with E-state index in [1.165, 1.54) is 6.33 Å². The molecular weight excluding hydrogens is 252 g/mol. The van der Waals surface area contributed by atoms with Gasteiger partial charge in [0, 0.05) is 26.1 Å². The van der Waals surface area contributed by atoms with Gasteiger partial charge in [0.05, 0.1) is 5.92 Å². The Morgan fingerprint density at radius 1 is 1.47 bits per heavy atom. The highest BCUT2D eigenvalue weighted by atomic mass is 16.5. The minimum absolute atomic E-state index is 0.177. The Morgan fingerprint density at radius 2 is 2.21 bits per heavy atom. The lowest BCUT2D eigenvalue weighted by atomic mass is 9.97. The van der Waals surface area contributed by atoms with Gasteiger partial charge in [0.2, 0.25) is 5.89 Å². The van der Waals surface area contributed by atoms with Crippen LogP contribution in [0.2, 0.25) is 0 Å². The molecule has 0 atom stereocenters. The molecule has 1 aliphatic heterocycles. The zero-order valence-corrected chi connectivity index (χ0v) is 10.4. The normalized spacial score (nSPS) is 16.3. The quantitative estimate of drug-likeness (QED) is 0.802. The summed E-state index contributed by atoms with van der Waals surface area (Å²) in [6.07, 6.45) is 2.81. The highest BCUT2D eigenvalue weighted by Gasteiger charge is 2.26. The van der Waals surface area contributed by atoms with E-state index >= 15 is 0 Å². The van der Waals surface area contributed by atoms with E-state index in [1.807, 2.05) is 0 Å². The van der Waals surface area contributed by atoms with Gasteiger partial charge in [0.25, 0.3) is 0 Å². The number of carbonyl (C=O) groups excluding carboxylic acids is 1. The highest BCUT2D eigenvalue weighted by molar-refractivity contribution is 5.75. The number of urea groups is 1. The Bertz CT molecular complexity index is 426. The summed E-state index contributed by atoms with van der Waals surface area (Å²) >= 11 is 0. The molecule has 1 aromatic heterocycles. The van der Waals surface area contributed by atoms with Crippen LogP contribution in [0.3, 0.4) is 0 Å². The number of carboxylic acids is 1. The van der Waals surface area contributed by atoms with Crippen molar-refractivity contribution in [1.82, 2.24) is 20.4 Å². The first-order valence-corrected chi connectivity index (χ1v) is 6.18. The first-order chi connectivity index (χ1) is 9.16. The number of hydrogen-bond donors (Lipinski definition) is 2. The fourth-order valence-electron chi connectivity index (χ4n) is 2.02. The van der Waals surface area contributed by atoms with Crippen LogP contribution in [0.5, 0.6) is 0 Å². The van der Waals surface area contributed by atoms with Crippen LogP contribution in [-0.4, -0.2) is 51.8 Å². The van der Waals surface area contributed by atoms with Crippen LogP contribution in [-0.2, 0) is 11.2 Å². The van der Waals surface area contributed by atoms with Gasteiger partial charge in [-0.15, -0.1) is 0 Å². The van der Waals surface area contributed by atoms with E-state index in [-0.39, 0.29) is 11.9 Å². The lowest BCUT2D eigenvalue weighted by Crippen LogP contribution is -2.45. The summed E-state index contributed by atoms with van der Waals surface area (Å²) in [5, 5.41) is 15.1. The number of hydrogen-bond acceptors (Lipinski definition) is 5. The molecule has 2 rings (SSSR count). The van der Waals surface area contributed by atoms with Crippen LogP contribution in [0.4, 0.5) is 4.79 Å². The van der Waals surface area contributed by atoms with E-state index < -0.39 is 5.97 Å². The molecule has 0 saturated carbocycles. The summed E-state index contributed by atoms with van der Waals surface area (Å²) in [4.78, 5) is 28.1. The van der Waals surface area contributed by atoms with Gasteiger partial charge in [0.15, 0.2) is 6.33 Å². The molecule has 2 N–H and O–H groups in total. The molecular formula is C11H16N4O4. The van der Waals surface area contributed by atoms with Crippen molar-refractivity contribution in [2.75, 3.05) is 19.6 Å². The second-order valence-corrected chi connectivity index (χ2v) is 4.42. The van der Waals surface area contributed by atoms with Crippen LogP contribution >= 0.6 is 0 Å². The molecule has 1 fully saturated rings. The molecule has 0 unspecified atom stereocenters. The fourth-order valence-corrected chi connectivity index (χ4v) is 2.02. The molecule has 0 spiro atoms. The van der Waals surface area contributed by atoms with Crippen molar-refractivity contribution in [3.63, 3.8) is 0 Å². The standard InChI is InChI=1S/C11H16N4O4/c16-10(17)8-2-5-15(6-3-8)11(18)12-4-1-9-13-7-14-19-9/h7-8H,1-6H2,(H,12,18)(H,16,17). The summed E-state index contributed by atoms with van der Waals surface area (Å²) in [5.41, 5.74) is 0. The van der Waals surface area contributed by atoms with Crippen LogP contribution in [0.1, 0.15) is 18.7 Å². The third-order valence-corrected chi connectivity index (χ3v) is 3.15. The average Bonchev–Trinajstić information content (AvgIpc) is 2.92. The third kappa shape index (κ3) is 3.67. The summed E-state index contributed by atoms with van der Waals surface area (Å²) in [5.74, 6) is -0.635. The zero-order chi connectivity index (χ0) is 13.7. The second-order valence-electron chi connectivity index (χ2n) is 4.42. The van der Waals surface area contributed by atoms with E-state index in [1.54, 1.807) is 4.90 Å². The summed E-state index contributed by atoms with van der Waals surface area (Å²) in [6, 6.07) is -0.177. The Hall–Kier alpha value is -2.12. The molecule has 1 aromatic rings. The maximum Gasteiger partial charge on any atom is 0.317 e. The number of nitrogens with zero attached hydrogens (tertiary/aromatic N) is 3. The first kappa shape index (κ1) is 13.3. The lowest BCUT2D eigenvalue weighted by molar-refractivity contribution is -0.143. The monoisotopic (exact) mass is 268 g/mol. The van der Waals surface area contributed by atoms with Crippen LogP contribution < -0.4 is 5.32 Å². The Labute approximate surface area is 109 Å². The molecule has 2 amide bonds. The Balaban J connectivity index is 1.68. The van der Waals surface area contributed by atoms with Crippen molar-refractivity contribution in [3.8, 4) is 0 Å². The SMILES string of the molecule is O=C(O)C1CCN(C(=O)NCCc2ncno2)CC1. The van der Waals surface area contributed by atoms with E-state index in [0.717, 1.165) is 0 Å². The molecule has 0 aliphatic carbocycles. The van der Waals surface area contributed by atoms with Crippen molar-refractivity contribution in [2.24, 2.45) is 5.92 Å². The highest BCUT2D eigenvalue weighted by Crippen LogP contribution is 2.17. The molecule has 1 saturated heterocycles. The van der Waals surface area contributed by atoms with Gasteiger partial charge in [-0.2, -0.15) is 4.98 Å². The van der Waals surface area contributed by atoms with Crippen LogP contribution in [0.15, 0.2) is 10.9 Å². The number of carbonyl (C=O) groups is 2. The van der Waals surface area contributed by atoms with Gasteiger partial charge < -0.3 is 19.8 Å². The van der Waals surface area contributed by atoms with E-state index in [2.05, 4.69) is 15.5 Å². The van der Waals surface area contributed by atoms with Gasteiger partial charge in [-0.05, 0) is 12.8 Å². The molecule has 1 aliphatic rings. The van der Waals surface area contributed by atoms with E-state index in [4.69, 9.17) is 9.63 Å². The van der Waals surface area contributed by atoms with Crippen molar-refractivity contribution >= 4 is 12.0 Å². The predicted molar refractivity (Wildman–Crippen MR) is 63.3 cm³/mol. The van der Waals surface area contributed by atoms with E-state index in [9.17, 15) is 9.59 Å². The van der Waals surface area contributed by atoms with Crippen LogP contribution in [0, 0.1) is 5.92 Å². The molecule has 8 heteroatoms. The number of piperidine rings is 1. The van der Waals surface area contributed by atoms with Gasteiger partial charge >= 0.3 is 12.0 Å². The number of aliphatic carboxylic acids is 1. The number of nitrogens with one attached hydrogen (secondary N) is 1. The minimum atomic E-state index is -0.781. The summed E-state index contributed by atoms with van der Waals surface area (Å²) in [7, 11) is 0. The number of amides is 2. The summed E-state index contributed by atoms with van der Waals surface area (Å²) < 4.78 is 4.81. The zero-order valence-electron chi connectivity index (χ0n) is 10.4. The topological polar surface area (TPSA) is 109 Å². The molecule has 2 heterocycles. The van der Waals surface area contributed by atoms with Crippen molar-refractivity contribution in [3.05, 3.63) is 12.2 Å². The van der Waals surface area contributed by atoms with Crippen molar-refractivity contribution in [1.29, 1.82) is 0 Å².